The molecule has 0 aliphatic rings. The zero-order valence-electron chi connectivity index (χ0n) is 19.2. The first kappa shape index (κ1) is 24.2. The molecule has 166 valence electrons. The number of anilines is 1. The average Bonchev–Trinajstić information content (AvgIpc) is 2.66. The van der Waals surface area contributed by atoms with Crippen molar-refractivity contribution in [2.75, 3.05) is 11.3 Å². The van der Waals surface area contributed by atoms with Gasteiger partial charge in [0, 0.05) is 6.54 Å². The van der Waals surface area contributed by atoms with Crippen molar-refractivity contribution in [3.05, 3.63) is 52.2 Å². The minimum Gasteiger partial charge on any atom is -0.491 e. The van der Waals surface area contributed by atoms with Crippen LogP contribution in [0.15, 0.2) is 24.3 Å². The number of rotatable bonds is 9. The highest BCUT2D eigenvalue weighted by atomic mass is 32.2. The van der Waals surface area contributed by atoms with Crippen molar-refractivity contribution in [1.29, 1.82) is 0 Å². The lowest BCUT2D eigenvalue weighted by atomic mass is 9.87. The fraction of sp³-hybridized carbons (Fsp3) is 0.522. The molecule has 0 spiro atoms. The quantitative estimate of drug-likeness (QED) is 0.550. The number of nitrogens with zero attached hydrogens (tertiary/aromatic N) is 1. The van der Waals surface area contributed by atoms with Crippen LogP contribution in [0.25, 0.3) is 0 Å². The van der Waals surface area contributed by atoms with E-state index in [1.165, 1.54) is 5.56 Å². The van der Waals surface area contributed by atoms with Crippen LogP contribution in [-0.4, -0.2) is 20.0 Å². The second kappa shape index (κ2) is 9.79. The van der Waals surface area contributed by atoms with Gasteiger partial charge in [0.25, 0.3) is 0 Å². The number of pyridine rings is 1. The Bertz CT molecular complexity index is 963. The summed E-state index contributed by atoms with van der Waals surface area (Å²) in [6.07, 6.45) is 2.01. The first-order valence-electron chi connectivity index (χ1n) is 10.4. The van der Waals surface area contributed by atoms with Crippen molar-refractivity contribution in [3.8, 4) is 5.75 Å². The number of hydrogen-bond donors (Lipinski definition) is 2. The van der Waals surface area contributed by atoms with Gasteiger partial charge >= 0.3 is 10.2 Å². The van der Waals surface area contributed by atoms with E-state index in [0.717, 1.165) is 35.3 Å². The SMILES string of the molecule is CCCCOc1c(C)nc(NS(=O)(=O)NCc2ccc(C(C)(C)C)cc2)c(C)c1C. The third kappa shape index (κ3) is 6.44. The highest BCUT2D eigenvalue weighted by molar-refractivity contribution is 7.90. The smallest absolute Gasteiger partial charge is 0.300 e. The van der Waals surface area contributed by atoms with Crippen LogP contribution in [0, 0.1) is 20.8 Å². The molecule has 0 amide bonds. The Morgan fingerprint density at radius 3 is 2.23 bits per heavy atom. The molecule has 2 aromatic rings. The van der Waals surface area contributed by atoms with E-state index in [4.69, 9.17) is 4.74 Å². The highest BCUT2D eigenvalue weighted by Crippen LogP contribution is 2.29. The second-order valence-corrected chi connectivity index (χ2v) is 10.2. The van der Waals surface area contributed by atoms with E-state index >= 15 is 0 Å². The van der Waals surface area contributed by atoms with E-state index in [-0.39, 0.29) is 12.0 Å². The lowest BCUT2D eigenvalue weighted by molar-refractivity contribution is 0.303. The fourth-order valence-electron chi connectivity index (χ4n) is 3.02. The molecule has 0 saturated carbocycles. The standard InChI is InChI=1S/C23H35N3O3S/c1-8-9-14-29-21-16(2)17(3)22(25-18(21)4)26-30(27,28)24-15-19-10-12-20(13-11-19)23(5,6)7/h10-13,24H,8-9,14-15H2,1-7H3,(H,25,26). The summed E-state index contributed by atoms with van der Waals surface area (Å²) in [6, 6.07) is 7.96. The molecular weight excluding hydrogens is 398 g/mol. The summed E-state index contributed by atoms with van der Waals surface area (Å²) >= 11 is 0. The molecule has 0 saturated heterocycles. The van der Waals surface area contributed by atoms with Gasteiger partial charge in [0.2, 0.25) is 0 Å². The molecular formula is C23H35N3O3S. The number of nitrogens with one attached hydrogen (secondary N) is 2. The van der Waals surface area contributed by atoms with Crippen LogP contribution < -0.4 is 14.2 Å². The topological polar surface area (TPSA) is 80.3 Å². The lowest BCUT2D eigenvalue weighted by Crippen LogP contribution is -2.30. The van der Waals surface area contributed by atoms with Gasteiger partial charge in [-0.3, -0.25) is 4.72 Å². The molecule has 2 rings (SSSR count). The largest absolute Gasteiger partial charge is 0.491 e. The van der Waals surface area contributed by atoms with Crippen molar-refractivity contribution in [1.82, 2.24) is 9.71 Å². The third-order valence-electron chi connectivity index (χ3n) is 5.13. The molecule has 0 unspecified atom stereocenters. The Labute approximate surface area is 181 Å². The molecule has 0 radical (unpaired) electrons. The van der Waals surface area contributed by atoms with Crippen LogP contribution in [0.5, 0.6) is 5.75 Å². The molecule has 7 heteroatoms. The molecule has 0 bridgehead atoms. The van der Waals surface area contributed by atoms with Gasteiger partial charge in [0.05, 0.1) is 12.3 Å². The van der Waals surface area contributed by atoms with E-state index in [1.807, 2.05) is 45.0 Å². The van der Waals surface area contributed by atoms with Gasteiger partial charge in [-0.25, -0.2) is 4.98 Å². The van der Waals surface area contributed by atoms with Crippen LogP contribution in [-0.2, 0) is 22.2 Å². The van der Waals surface area contributed by atoms with Crippen LogP contribution in [0.1, 0.15) is 68.5 Å². The maximum absolute atomic E-state index is 12.6. The van der Waals surface area contributed by atoms with E-state index in [0.29, 0.717) is 18.1 Å². The number of hydrogen-bond acceptors (Lipinski definition) is 4. The van der Waals surface area contributed by atoms with E-state index in [2.05, 4.69) is 42.1 Å². The highest BCUT2D eigenvalue weighted by Gasteiger charge is 2.18. The Hall–Kier alpha value is -2.12. The maximum Gasteiger partial charge on any atom is 0.300 e. The average molecular weight is 434 g/mol. The number of benzene rings is 1. The number of aromatic nitrogens is 1. The minimum atomic E-state index is -3.76. The predicted molar refractivity (Wildman–Crippen MR) is 123 cm³/mol. The first-order chi connectivity index (χ1) is 13.9. The van der Waals surface area contributed by atoms with Crippen LogP contribution in [0.4, 0.5) is 5.82 Å². The van der Waals surface area contributed by atoms with Crippen molar-refractivity contribution in [3.63, 3.8) is 0 Å². The zero-order valence-corrected chi connectivity index (χ0v) is 20.0. The summed E-state index contributed by atoms with van der Waals surface area (Å²) in [5.74, 6) is 1.05. The maximum atomic E-state index is 12.6. The molecule has 0 aliphatic carbocycles. The van der Waals surface area contributed by atoms with Gasteiger partial charge in [-0.1, -0.05) is 58.4 Å². The fourth-order valence-corrected chi connectivity index (χ4v) is 3.90. The molecule has 6 nitrogen and oxygen atoms in total. The molecule has 2 N–H and O–H groups in total. The predicted octanol–water partition coefficient (Wildman–Crippen LogP) is 4.93. The molecule has 30 heavy (non-hydrogen) atoms. The number of ether oxygens (including phenoxy) is 1. The molecule has 1 aromatic heterocycles. The Morgan fingerprint density at radius 1 is 1.03 bits per heavy atom. The lowest BCUT2D eigenvalue weighted by Gasteiger charge is -2.19. The molecule has 1 aromatic carbocycles. The zero-order chi connectivity index (χ0) is 22.5. The van der Waals surface area contributed by atoms with Crippen molar-refractivity contribution in [2.24, 2.45) is 0 Å². The van der Waals surface area contributed by atoms with Gasteiger partial charge < -0.3 is 4.74 Å². The van der Waals surface area contributed by atoms with E-state index in [9.17, 15) is 8.42 Å². The van der Waals surface area contributed by atoms with Crippen molar-refractivity contribution >= 4 is 16.0 Å². The summed E-state index contributed by atoms with van der Waals surface area (Å²) in [6.45, 7) is 15.0. The van der Waals surface area contributed by atoms with Crippen LogP contribution in [0.3, 0.4) is 0 Å². The third-order valence-corrected chi connectivity index (χ3v) is 6.11. The number of unbranched alkanes of at least 4 members (excludes halogenated alkanes) is 1. The van der Waals surface area contributed by atoms with Gasteiger partial charge in [-0.15, -0.1) is 0 Å². The molecule has 0 atom stereocenters. The summed E-state index contributed by atoms with van der Waals surface area (Å²) in [5, 5.41) is 0. The minimum absolute atomic E-state index is 0.0604. The summed E-state index contributed by atoms with van der Waals surface area (Å²) in [5.41, 5.74) is 4.49. The summed E-state index contributed by atoms with van der Waals surface area (Å²) in [7, 11) is -3.76. The Balaban J connectivity index is 2.09. The van der Waals surface area contributed by atoms with E-state index < -0.39 is 10.2 Å². The van der Waals surface area contributed by atoms with Gasteiger partial charge in [-0.2, -0.15) is 13.1 Å². The van der Waals surface area contributed by atoms with Crippen molar-refractivity contribution in [2.45, 2.75) is 73.3 Å². The number of aryl methyl sites for hydroxylation is 1. The van der Waals surface area contributed by atoms with Gasteiger partial charge in [0.15, 0.2) is 0 Å². The van der Waals surface area contributed by atoms with E-state index in [1.54, 1.807) is 0 Å². The molecule has 1 heterocycles. The first-order valence-corrected chi connectivity index (χ1v) is 11.9. The Morgan fingerprint density at radius 2 is 1.67 bits per heavy atom. The normalized spacial score (nSPS) is 12.1. The second-order valence-electron chi connectivity index (χ2n) is 8.70. The Kier molecular flexibility index (Phi) is 7.88. The summed E-state index contributed by atoms with van der Waals surface area (Å²) in [4.78, 5) is 4.44. The van der Waals surface area contributed by atoms with Gasteiger partial charge in [0.1, 0.15) is 11.6 Å². The molecule has 0 fully saturated rings. The van der Waals surface area contributed by atoms with Crippen LogP contribution in [0.2, 0.25) is 0 Å². The monoisotopic (exact) mass is 433 g/mol. The van der Waals surface area contributed by atoms with Crippen LogP contribution >= 0.6 is 0 Å². The van der Waals surface area contributed by atoms with Gasteiger partial charge in [-0.05, 0) is 54.9 Å². The van der Waals surface area contributed by atoms with Crippen molar-refractivity contribution < 1.29 is 13.2 Å². The summed E-state index contributed by atoms with van der Waals surface area (Å²) < 4.78 is 36.2. The molecule has 0 aliphatic heterocycles.